The molecule has 0 unspecified atom stereocenters. The Morgan fingerprint density at radius 2 is 2.27 bits per heavy atom. The summed E-state index contributed by atoms with van der Waals surface area (Å²) in [7, 11) is 1.57. The second kappa shape index (κ2) is 2.81. The molecule has 1 rings (SSSR count). The molecule has 0 bridgehead atoms. The van der Waals surface area contributed by atoms with Crippen molar-refractivity contribution in [2.75, 3.05) is 12.8 Å². The molecular formula is C7H8N2OS. The quantitative estimate of drug-likeness (QED) is 0.691. The van der Waals surface area contributed by atoms with Gasteiger partial charge < -0.3 is 10.5 Å². The van der Waals surface area contributed by atoms with E-state index in [1.54, 1.807) is 7.11 Å². The molecule has 0 spiro atoms. The van der Waals surface area contributed by atoms with Gasteiger partial charge in [0.05, 0.1) is 12.7 Å². The summed E-state index contributed by atoms with van der Waals surface area (Å²) < 4.78 is 5.00. The van der Waals surface area contributed by atoms with Crippen LogP contribution in [0.4, 0.5) is 5.00 Å². The molecule has 0 saturated heterocycles. The molecular weight excluding hydrogens is 160 g/mol. The highest BCUT2D eigenvalue weighted by molar-refractivity contribution is 7.18. The van der Waals surface area contributed by atoms with Crippen LogP contribution in [0, 0.1) is 18.3 Å². The number of methoxy groups -OCH3 is 1. The number of nitrogen functional groups attached to an aromatic ring is 1. The molecule has 0 amide bonds. The Hall–Kier alpha value is -1.21. The second-order valence-electron chi connectivity index (χ2n) is 2.07. The van der Waals surface area contributed by atoms with Crippen molar-refractivity contribution in [3.05, 3.63) is 11.1 Å². The fraction of sp³-hybridized carbons (Fsp3) is 0.286. The minimum atomic E-state index is 0.529. The zero-order valence-electron chi connectivity index (χ0n) is 6.34. The van der Waals surface area contributed by atoms with E-state index in [-0.39, 0.29) is 0 Å². The van der Waals surface area contributed by atoms with Crippen molar-refractivity contribution >= 4 is 16.3 Å². The zero-order valence-corrected chi connectivity index (χ0v) is 7.16. The lowest BCUT2D eigenvalue weighted by Gasteiger charge is -1.93. The molecule has 0 fully saturated rings. The monoisotopic (exact) mass is 168 g/mol. The SMILES string of the molecule is COc1sc(N)c(C#N)c1C. The summed E-state index contributed by atoms with van der Waals surface area (Å²) >= 11 is 1.30. The van der Waals surface area contributed by atoms with E-state index in [1.807, 2.05) is 13.0 Å². The highest BCUT2D eigenvalue weighted by Gasteiger charge is 2.11. The van der Waals surface area contributed by atoms with Crippen molar-refractivity contribution < 1.29 is 4.74 Å². The molecule has 11 heavy (non-hydrogen) atoms. The van der Waals surface area contributed by atoms with Crippen LogP contribution in [0.2, 0.25) is 0 Å². The predicted molar refractivity (Wildman–Crippen MR) is 44.7 cm³/mol. The van der Waals surface area contributed by atoms with Crippen molar-refractivity contribution in [1.29, 1.82) is 5.26 Å². The van der Waals surface area contributed by atoms with E-state index >= 15 is 0 Å². The van der Waals surface area contributed by atoms with Gasteiger partial charge in [-0.15, -0.1) is 0 Å². The van der Waals surface area contributed by atoms with Gasteiger partial charge in [0.2, 0.25) is 0 Å². The highest BCUT2D eigenvalue weighted by atomic mass is 32.1. The number of nitrogens with zero attached hydrogens (tertiary/aromatic N) is 1. The van der Waals surface area contributed by atoms with Gasteiger partial charge in [-0.3, -0.25) is 0 Å². The van der Waals surface area contributed by atoms with E-state index in [0.717, 1.165) is 10.6 Å². The molecule has 0 aliphatic carbocycles. The van der Waals surface area contributed by atoms with E-state index in [4.69, 9.17) is 15.7 Å². The van der Waals surface area contributed by atoms with E-state index in [0.29, 0.717) is 10.6 Å². The van der Waals surface area contributed by atoms with Gasteiger partial charge >= 0.3 is 0 Å². The van der Waals surface area contributed by atoms with Crippen molar-refractivity contribution in [3.8, 4) is 11.1 Å². The van der Waals surface area contributed by atoms with E-state index < -0.39 is 0 Å². The first-order valence-electron chi connectivity index (χ1n) is 3.03. The summed E-state index contributed by atoms with van der Waals surface area (Å²) in [5.74, 6) is 0. The molecule has 0 aliphatic rings. The highest BCUT2D eigenvalue weighted by Crippen LogP contribution is 2.35. The number of hydrogen-bond acceptors (Lipinski definition) is 4. The summed E-state index contributed by atoms with van der Waals surface area (Å²) in [5, 5.41) is 9.88. The minimum absolute atomic E-state index is 0.529. The third-order valence-electron chi connectivity index (χ3n) is 1.43. The Balaban J connectivity index is 3.28. The Bertz CT molecular complexity index is 311. The molecule has 58 valence electrons. The van der Waals surface area contributed by atoms with Gasteiger partial charge in [0, 0.05) is 5.56 Å². The van der Waals surface area contributed by atoms with Crippen LogP contribution in [-0.4, -0.2) is 7.11 Å². The van der Waals surface area contributed by atoms with Gasteiger partial charge in [0.1, 0.15) is 11.1 Å². The second-order valence-corrected chi connectivity index (χ2v) is 3.08. The predicted octanol–water partition coefficient (Wildman–Crippen LogP) is 1.52. The van der Waals surface area contributed by atoms with E-state index in [9.17, 15) is 0 Å². The lowest BCUT2D eigenvalue weighted by molar-refractivity contribution is 0.424. The van der Waals surface area contributed by atoms with Gasteiger partial charge in [-0.1, -0.05) is 11.3 Å². The summed E-state index contributed by atoms with van der Waals surface area (Å²) in [6.07, 6.45) is 0. The molecule has 2 N–H and O–H groups in total. The summed E-state index contributed by atoms with van der Waals surface area (Å²) in [6.45, 7) is 1.82. The Labute approximate surface area is 69.0 Å². The van der Waals surface area contributed by atoms with Crippen LogP contribution in [0.5, 0.6) is 5.06 Å². The standard InChI is InChI=1S/C7H8N2OS/c1-4-5(3-8)6(9)11-7(4)10-2/h9H2,1-2H3. The molecule has 1 aromatic rings. The van der Waals surface area contributed by atoms with Crippen molar-refractivity contribution in [2.45, 2.75) is 6.92 Å². The van der Waals surface area contributed by atoms with Crippen LogP contribution >= 0.6 is 11.3 Å². The molecule has 1 aromatic heterocycles. The maximum absolute atomic E-state index is 8.63. The van der Waals surface area contributed by atoms with Crippen molar-refractivity contribution in [3.63, 3.8) is 0 Å². The molecule has 0 radical (unpaired) electrons. The first kappa shape index (κ1) is 7.89. The Morgan fingerprint density at radius 1 is 1.64 bits per heavy atom. The summed E-state index contributed by atoms with van der Waals surface area (Å²) in [5.41, 5.74) is 6.91. The van der Waals surface area contributed by atoms with Crippen molar-refractivity contribution in [2.24, 2.45) is 0 Å². The van der Waals surface area contributed by atoms with Crippen LogP contribution in [-0.2, 0) is 0 Å². The maximum Gasteiger partial charge on any atom is 0.179 e. The van der Waals surface area contributed by atoms with Gasteiger partial charge in [-0.2, -0.15) is 5.26 Å². The molecule has 3 nitrogen and oxygen atoms in total. The van der Waals surface area contributed by atoms with E-state index in [2.05, 4.69) is 0 Å². The lowest BCUT2D eigenvalue weighted by atomic mass is 10.2. The van der Waals surface area contributed by atoms with Crippen LogP contribution < -0.4 is 10.5 Å². The van der Waals surface area contributed by atoms with E-state index in [1.165, 1.54) is 11.3 Å². The first-order chi connectivity index (χ1) is 5.20. The van der Waals surface area contributed by atoms with Crippen LogP contribution in [0.1, 0.15) is 11.1 Å². The number of hydrogen-bond donors (Lipinski definition) is 1. The number of thiophene rings is 1. The number of anilines is 1. The average Bonchev–Trinajstić information content (AvgIpc) is 2.26. The normalized spacial score (nSPS) is 9.18. The lowest BCUT2D eigenvalue weighted by Crippen LogP contribution is -1.84. The number of nitriles is 1. The van der Waals surface area contributed by atoms with Crippen molar-refractivity contribution in [1.82, 2.24) is 0 Å². The Morgan fingerprint density at radius 3 is 2.55 bits per heavy atom. The van der Waals surface area contributed by atoms with Gasteiger partial charge in [0.25, 0.3) is 0 Å². The topological polar surface area (TPSA) is 59.0 Å². The zero-order chi connectivity index (χ0) is 8.43. The molecule has 0 aliphatic heterocycles. The number of nitrogens with two attached hydrogens (primary N) is 1. The molecule has 0 saturated carbocycles. The third-order valence-corrected chi connectivity index (χ3v) is 2.51. The third kappa shape index (κ3) is 1.15. The van der Waals surface area contributed by atoms with Crippen LogP contribution in [0.25, 0.3) is 0 Å². The minimum Gasteiger partial charge on any atom is -0.487 e. The summed E-state index contributed by atoms with van der Waals surface area (Å²) in [4.78, 5) is 0. The first-order valence-corrected chi connectivity index (χ1v) is 3.85. The van der Waals surface area contributed by atoms with Crippen LogP contribution in [0.3, 0.4) is 0 Å². The van der Waals surface area contributed by atoms with Crippen LogP contribution in [0.15, 0.2) is 0 Å². The Kier molecular flexibility index (Phi) is 2.01. The maximum atomic E-state index is 8.63. The fourth-order valence-electron chi connectivity index (χ4n) is 0.848. The fourth-order valence-corrected chi connectivity index (χ4v) is 1.69. The van der Waals surface area contributed by atoms with Gasteiger partial charge in [0.15, 0.2) is 5.06 Å². The van der Waals surface area contributed by atoms with Gasteiger partial charge in [-0.25, -0.2) is 0 Å². The summed E-state index contributed by atoms with van der Waals surface area (Å²) in [6, 6.07) is 2.02. The molecule has 4 heteroatoms. The molecule has 0 atom stereocenters. The average molecular weight is 168 g/mol. The smallest absolute Gasteiger partial charge is 0.179 e. The molecule has 1 heterocycles. The number of ether oxygens (including phenoxy) is 1. The number of rotatable bonds is 1. The molecule has 0 aromatic carbocycles. The van der Waals surface area contributed by atoms with Gasteiger partial charge in [-0.05, 0) is 6.92 Å². The largest absolute Gasteiger partial charge is 0.487 e.